The number of nitrogens with zero attached hydrogens (tertiary/aromatic N) is 3. The summed E-state index contributed by atoms with van der Waals surface area (Å²) in [5.74, 6) is -0.503. The zero-order chi connectivity index (χ0) is 17.4. The van der Waals surface area contributed by atoms with Gasteiger partial charge in [0.2, 0.25) is 0 Å². The molecule has 25 heavy (non-hydrogen) atoms. The second-order valence-corrected chi connectivity index (χ2v) is 6.98. The van der Waals surface area contributed by atoms with Crippen LogP contribution in [0.2, 0.25) is 0 Å². The number of hydrogen-bond acceptors (Lipinski definition) is 3. The third-order valence-corrected chi connectivity index (χ3v) is 5.40. The number of anilines is 3. The summed E-state index contributed by atoms with van der Waals surface area (Å²) in [7, 11) is 2.18. The van der Waals surface area contributed by atoms with E-state index in [-0.39, 0.29) is 11.6 Å². The summed E-state index contributed by atoms with van der Waals surface area (Å²) in [6.45, 7) is 3.75. The molecule has 2 heterocycles. The van der Waals surface area contributed by atoms with Crippen molar-refractivity contribution in [3.05, 3.63) is 54.1 Å². The maximum absolute atomic E-state index is 13.9. The molecule has 0 spiro atoms. The van der Waals surface area contributed by atoms with Crippen LogP contribution in [0.4, 0.5) is 25.8 Å². The summed E-state index contributed by atoms with van der Waals surface area (Å²) >= 11 is 0. The standard InChI is InChI=1S/C20H23F2N3/c1-23-10-2-3-18(23)14-24-11-12-25(17-7-4-15(21)5-8-17)20-13-16(22)6-9-19(20)24/h4-9,13,18H,2-3,10-12,14H2,1H3/t18-/m1/s1. The van der Waals surface area contributed by atoms with E-state index in [1.807, 2.05) is 6.07 Å². The molecule has 0 aliphatic carbocycles. The summed E-state index contributed by atoms with van der Waals surface area (Å²) in [5.41, 5.74) is 2.81. The molecule has 0 N–H and O–H groups in total. The minimum atomic E-state index is -0.258. The Balaban J connectivity index is 1.65. The lowest BCUT2D eigenvalue weighted by molar-refractivity contribution is 0.311. The fourth-order valence-electron chi connectivity index (χ4n) is 3.98. The number of halogens is 2. The van der Waals surface area contributed by atoms with E-state index in [4.69, 9.17) is 0 Å². The highest BCUT2D eigenvalue weighted by molar-refractivity contribution is 5.79. The van der Waals surface area contributed by atoms with Crippen molar-refractivity contribution in [2.75, 3.05) is 43.0 Å². The van der Waals surface area contributed by atoms with Crippen LogP contribution in [0.1, 0.15) is 12.8 Å². The molecule has 0 amide bonds. The summed E-state index contributed by atoms with van der Waals surface area (Å²) in [4.78, 5) is 6.85. The van der Waals surface area contributed by atoms with Crippen LogP contribution < -0.4 is 9.80 Å². The van der Waals surface area contributed by atoms with E-state index in [2.05, 4.69) is 21.7 Å². The van der Waals surface area contributed by atoms with Gasteiger partial charge in [0, 0.05) is 31.4 Å². The fourth-order valence-corrected chi connectivity index (χ4v) is 3.98. The average Bonchev–Trinajstić information content (AvgIpc) is 3.01. The third kappa shape index (κ3) is 3.21. The second-order valence-electron chi connectivity index (χ2n) is 6.98. The molecular weight excluding hydrogens is 320 g/mol. The highest BCUT2D eigenvalue weighted by atomic mass is 19.1. The zero-order valence-corrected chi connectivity index (χ0v) is 14.5. The van der Waals surface area contributed by atoms with Crippen molar-refractivity contribution in [2.45, 2.75) is 18.9 Å². The second kappa shape index (κ2) is 6.64. The molecule has 5 heteroatoms. The van der Waals surface area contributed by atoms with Gasteiger partial charge in [-0.1, -0.05) is 0 Å². The number of likely N-dealkylation sites (N-methyl/N-ethyl adjacent to an activating group) is 1. The molecule has 0 bridgehead atoms. The Morgan fingerprint density at radius 3 is 2.40 bits per heavy atom. The topological polar surface area (TPSA) is 9.72 Å². The molecule has 0 saturated carbocycles. The van der Waals surface area contributed by atoms with E-state index in [1.165, 1.54) is 31.0 Å². The molecule has 4 rings (SSSR count). The number of rotatable bonds is 3. The molecule has 0 aromatic heterocycles. The van der Waals surface area contributed by atoms with Crippen LogP contribution in [0, 0.1) is 11.6 Å². The van der Waals surface area contributed by atoms with Gasteiger partial charge in [-0.3, -0.25) is 0 Å². The number of likely N-dealkylation sites (tertiary alicyclic amines) is 1. The first-order chi connectivity index (χ1) is 12.1. The van der Waals surface area contributed by atoms with Crippen LogP contribution in [0.5, 0.6) is 0 Å². The molecule has 1 atom stereocenters. The van der Waals surface area contributed by atoms with Crippen molar-refractivity contribution in [1.29, 1.82) is 0 Å². The Labute approximate surface area is 147 Å². The predicted molar refractivity (Wildman–Crippen MR) is 97.7 cm³/mol. The van der Waals surface area contributed by atoms with Gasteiger partial charge in [0.05, 0.1) is 11.4 Å². The summed E-state index contributed by atoms with van der Waals surface area (Å²) in [6.07, 6.45) is 2.46. The Hall–Kier alpha value is -2.14. The molecule has 2 aliphatic heterocycles. The average molecular weight is 343 g/mol. The van der Waals surface area contributed by atoms with E-state index >= 15 is 0 Å². The van der Waals surface area contributed by atoms with Crippen molar-refractivity contribution in [1.82, 2.24) is 4.90 Å². The maximum atomic E-state index is 13.9. The van der Waals surface area contributed by atoms with Gasteiger partial charge >= 0.3 is 0 Å². The van der Waals surface area contributed by atoms with Crippen molar-refractivity contribution in [3.8, 4) is 0 Å². The van der Waals surface area contributed by atoms with Crippen LogP contribution >= 0.6 is 0 Å². The zero-order valence-electron chi connectivity index (χ0n) is 14.5. The van der Waals surface area contributed by atoms with Crippen LogP contribution in [-0.4, -0.2) is 44.2 Å². The quantitative estimate of drug-likeness (QED) is 0.833. The fraction of sp³-hybridized carbons (Fsp3) is 0.400. The van der Waals surface area contributed by atoms with Crippen molar-refractivity contribution in [3.63, 3.8) is 0 Å². The smallest absolute Gasteiger partial charge is 0.125 e. The van der Waals surface area contributed by atoms with Crippen LogP contribution in [0.25, 0.3) is 0 Å². The minimum Gasteiger partial charge on any atom is -0.366 e. The Bertz CT molecular complexity index is 747. The number of hydrogen-bond donors (Lipinski definition) is 0. The highest BCUT2D eigenvalue weighted by Crippen LogP contribution is 2.38. The van der Waals surface area contributed by atoms with Gasteiger partial charge in [-0.25, -0.2) is 8.78 Å². The van der Waals surface area contributed by atoms with Gasteiger partial charge in [-0.2, -0.15) is 0 Å². The predicted octanol–water partition coefficient (Wildman–Crippen LogP) is 4.02. The summed E-state index contributed by atoms with van der Waals surface area (Å²) in [6, 6.07) is 11.9. The van der Waals surface area contributed by atoms with E-state index in [9.17, 15) is 8.78 Å². The molecule has 1 fully saturated rings. The van der Waals surface area contributed by atoms with Crippen molar-refractivity contribution >= 4 is 17.1 Å². The largest absolute Gasteiger partial charge is 0.366 e. The lowest BCUT2D eigenvalue weighted by Gasteiger charge is -2.40. The molecule has 3 nitrogen and oxygen atoms in total. The van der Waals surface area contributed by atoms with E-state index in [1.54, 1.807) is 18.2 Å². The molecule has 132 valence electrons. The molecular formula is C20H23F2N3. The van der Waals surface area contributed by atoms with Gasteiger partial charge in [-0.05, 0) is 68.9 Å². The molecule has 1 saturated heterocycles. The molecule has 0 unspecified atom stereocenters. The first kappa shape index (κ1) is 16.3. The lowest BCUT2D eigenvalue weighted by Crippen LogP contribution is -2.45. The van der Waals surface area contributed by atoms with Crippen LogP contribution in [0.3, 0.4) is 0 Å². The first-order valence-electron chi connectivity index (χ1n) is 8.90. The lowest BCUT2D eigenvalue weighted by atomic mass is 10.1. The third-order valence-electron chi connectivity index (χ3n) is 5.40. The van der Waals surface area contributed by atoms with Crippen LogP contribution in [0.15, 0.2) is 42.5 Å². The monoisotopic (exact) mass is 343 g/mol. The van der Waals surface area contributed by atoms with Gasteiger partial charge in [0.25, 0.3) is 0 Å². The molecule has 0 radical (unpaired) electrons. The summed E-state index contributed by atoms with van der Waals surface area (Å²) < 4.78 is 27.2. The van der Waals surface area contributed by atoms with Gasteiger partial charge in [-0.15, -0.1) is 0 Å². The Kier molecular flexibility index (Phi) is 4.34. The van der Waals surface area contributed by atoms with E-state index < -0.39 is 0 Å². The number of fused-ring (bicyclic) bond motifs is 1. The van der Waals surface area contributed by atoms with Gasteiger partial charge in [0.1, 0.15) is 11.6 Å². The SMILES string of the molecule is CN1CCC[C@@H]1CN1CCN(c2ccc(F)cc2)c2cc(F)ccc21. The molecule has 2 aromatic carbocycles. The molecule has 2 aromatic rings. The molecule has 2 aliphatic rings. The minimum absolute atomic E-state index is 0.245. The highest BCUT2D eigenvalue weighted by Gasteiger charge is 2.29. The first-order valence-corrected chi connectivity index (χ1v) is 8.90. The normalized spacial score (nSPS) is 20.8. The summed E-state index contributed by atoms with van der Waals surface area (Å²) in [5, 5.41) is 0. The van der Waals surface area contributed by atoms with E-state index in [0.29, 0.717) is 6.04 Å². The van der Waals surface area contributed by atoms with Crippen molar-refractivity contribution in [2.24, 2.45) is 0 Å². The maximum Gasteiger partial charge on any atom is 0.125 e. The van der Waals surface area contributed by atoms with Gasteiger partial charge in [0.15, 0.2) is 0 Å². The Morgan fingerprint density at radius 1 is 0.920 bits per heavy atom. The van der Waals surface area contributed by atoms with E-state index in [0.717, 1.165) is 43.2 Å². The number of benzene rings is 2. The van der Waals surface area contributed by atoms with Crippen LogP contribution in [-0.2, 0) is 0 Å². The Morgan fingerprint density at radius 2 is 1.68 bits per heavy atom. The van der Waals surface area contributed by atoms with Crippen molar-refractivity contribution < 1.29 is 8.78 Å². The van der Waals surface area contributed by atoms with Gasteiger partial charge < -0.3 is 14.7 Å².